The number of amides is 2. The molecule has 0 radical (unpaired) electrons. The zero-order chi connectivity index (χ0) is 19.2. The molecule has 10 heteroatoms. The Bertz CT molecular complexity index is 849. The third kappa shape index (κ3) is 4.67. The number of benzene rings is 1. The monoisotopic (exact) mass is 384 g/mol. The summed E-state index contributed by atoms with van der Waals surface area (Å²) in [5.41, 5.74) is 0. The summed E-state index contributed by atoms with van der Waals surface area (Å²) in [5.74, 6) is -2.58. The van der Waals surface area contributed by atoms with Gasteiger partial charge in [-0.05, 0) is 36.4 Å². The average Bonchev–Trinajstić information content (AvgIpc) is 3.14. The largest absolute Gasteiger partial charge is 0.468 e. The molecule has 0 saturated heterocycles. The van der Waals surface area contributed by atoms with E-state index in [2.05, 4.69) is 10.6 Å². The van der Waals surface area contributed by atoms with Gasteiger partial charge in [-0.15, -0.1) is 0 Å². The lowest BCUT2D eigenvalue weighted by atomic mass is 10.3. The number of carbonyl (C=O) groups is 2. The molecule has 0 aliphatic carbocycles. The molecule has 0 bridgehead atoms. The van der Waals surface area contributed by atoms with Crippen molar-refractivity contribution in [1.82, 2.24) is 10.6 Å². The van der Waals surface area contributed by atoms with Gasteiger partial charge in [0.15, 0.2) is 9.84 Å². The lowest BCUT2D eigenvalue weighted by Gasteiger charge is -2.16. The molecule has 1 atom stereocenters. The molecule has 26 heavy (non-hydrogen) atoms. The van der Waals surface area contributed by atoms with Crippen molar-refractivity contribution >= 4 is 21.7 Å². The third-order valence-corrected chi connectivity index (χ3v) is 5.51. The lowest BCUT2D eigenvalue weighted by molar-refractivity contribution is -0.139. The van der Waals surface area contributed by atoms with E-state index in [0.717, 1.165) is 24.3 Å². The van der Waals surface area contributed by atoms with Gasteiger partial charge in [0.05, 0.1) is 17.8 Å². The van der Waals surface area contributed by atoms with Crippen molar-refractivity contribution in [2.75, 3.05) is 19.7 Å². The summed E-state index contributed by atoms with van der Waals surface area (Å²) in [7, 11) is -4.03. The summed E-state index contributed by atoms with van der Waals surface area (Å²) >= 11 is 0. The first-order chi connectivity index (χ1) is 12.4. The van der Waals surface area contributed by atoms with E-state index >= 15 is 0 Å². The fourth-order valence-corrected chi connectivity index (χ4v) is 3.73. The van der Waals surface area contributed by atoms with Gasteiger partial charge >= 0.3 is 11.8 Å². The molecule has 0 aliphatic heterocycles. The predicted molar refractivity (Wildman–Crippen MR) is 88.1 cm³/mol. The van der Waals surface area contributed by atoms with Gasteiger partial charge in [-0.2, -0.15) is 0 Å². The lowest BCUT2D eigenvalue weighted by Crippen LogP contribution is -2.43. The number of aliphatic hydroxyl groups excluding tert-OH is 1. The summed E-state index contributed by atoms with van der Waals surface area (Å²) in [5, 5.41) is 11.7. The fraction of sp³-hybridized carbons (Fsp3) is 0.250. The van der Waals surface area contributed by atoms with E-state index in [1.165, 1.54) is 18.4 Å². The summed E-state index contributed by atoms with van der Waals surface area (Å²) in [4.78, 5) is 23.1. The zero-order valence-electron chi connectivity index (χ0n) is 13.5. The molecule has 3 N–H and O–H groups in total. The molecule has 2 amide bonds. The van der Waals surface area contributed by atoms with Crippen molar-refractivity contribution in [3.05, 3.63) is 54.2 Å². The van der Waals surface area contributed by atoms with Crippen LogP contribution in [0.2, 0.25) is 0 Å². The van der Waals surface area contributed by atoms with Gasteiger partial charge in [-0.3, -0.25) is 9.59 Å². The highest BCUT2D eigenvalue weighted by atomic mass is 32.2. The molecular weight excluding hydrogens is 367 g/mol. The number of carbonyl (C=O) groups excluding carboxylic acids is 2. The van der Waals surface area contributed by atoms with Gasteiger partial charge in [0, 0.05) is 13.1 Å². The summed E-state index contributed by atoms with van der Waals surface area (Å²) in [6, 6.07) is 7.13. The van der Waals surface area contributed by atoms with Crippen LogP contribution in [0.25, 0.3) is 0 Å². The molecule has 0 saturated carbocycles. The zero-order valence-corrected chi connectivity index (χ0v) is 14.3. The average molecular weight is 384 g/mol. The Labute approximate surface area is 148 Å². The first kappa shape index (κ1) is 19.6. The molecule has 1 aromatic carbocycles. The minimum atomic E-state index is -4.03. The maximum Gasteiger partial charge on any atom is 0.309 e. The number of hydrogen-bond acceptors (Lipinski definition) is 6. The van der Waals surface area contributed by atoms with E-state index in [0.29, 0.717) is 0 Å². The highest BCUT2D eigenvalue weighted by Gasteiger charge is 2.32. The second-order valence-electron chi connectivity index (χ2n) is 5.19. The Morgan fingerprint density at radius 1 is 1.12 bits per heavy atom. The Morgan fingerprint density at radius 3 is 2.35 bits per heavy atom. The van der Waals surface area contributed by atoms with Gasteiger partial charge in [0.1, 0.15) is 16.8 Å². The van der Waals surface area contributed by atoms with Crippen LogP contribution in [-0.4, -0.2) is 45.0 Å². The second-order valence-corrected chi connectivity index (χ2v) is 7.32. The fourth-order valence-electron chi connectivity index (χ4n) is 2.14. The van der Waals surface area contributed by atoms with Gasteiger partial charge in [0.2, 0.25) is 0 Å². The van der Waals surface area contributed by atoms with E-state index in [1.807, 2.05) is 0 Å². The van der Waals surface area contributed by atoms with Gasteiger partial charge in [-0.25, -0.2) is 12.8 Å². The molecule has 1 heterocycles. The van der Waals surface area contributed by atoms with Gasteiger partial charge in [-0.1, -0.05) is 0 Å². The van der Waals surface area contributed by atoms with E-state index < -0.39 is 39.3 Å². The number of rotatable bonds is 7. The number of aliphatic hydroxyl groups is 1. The van der Waals surface area contributed by atoms with Crippen LogP contribution in [0.15, 0.2) is 52.0 Å². The summed E-state index contributed by atoms with van der Waals surface area (Å²) in [6.07, 6.45) is 1.28. The van der Waals surface area contributed by atoms with Crippen LogP contribution in [0, 0.1) is 5.82 Å². The van der Waals surface area contributed by atoms with Crippen LogP contribution in [0.5, 0.6) is 0 Å². The predicted octanol–water partition coefficient (Wildman–Crippen LogP) is 0.158. The summed E-state index contributed by atoms with van der Waals surface area (Å²) < 4.78 is 43.9. The normalized spacial score (nSPS) is 12.4. The topological polar surface area (TPSA) is 126 Å². The van der Waals surface area contributed by atoms with Crippen molar-refractivity contribution < 1.29 is 31.9 Å². The van der Waals surface area contributed by atoms with Gasteiger partial charge < -0.3 is 20.2 Å². The summed E-state index contributed by atoms with van der Waals surface area (Å²) in [6.45, 7) is -0.882. The van der Waals surface area contributed by atoms with Crippen LogP contribution < -0.4 is 10.6 Å². The third-order valence-electron chi connectivity index (χ3n) is 3.43. The SMILES string of the molecule is O=C(NCCO)C(=O)NC[C@@H](c1ccco1)S(=O)(=O)c1ccc(F)cc1. The number of sulfone groups is 1. The highest BCUT2D eigenvalue weighted by molar-refractivity contribution is 7.91. The van der Waals surface area contributed by atoms with Crippen LogP contribution in [0.3, 0.4) is 0 Å². The Morgan fingerprint density at radius 2 is 1.77 bits per heavy atom. The van der Waals surface area contributed by atoms with Crippen molar-refractivity contribution in [3.8, 4) is 0 Å². The molecule has 8 nitrogen and oxygen atoms in total. The number of halogens is 1. The Hall–Kier alpha value is -2.72. The first-order valence-electron chi connectivity index (χ1n) is 7.56. The molecule has 0 unspecified atom stereocenters. The minimum absolute atomic E-state index is 0.0605. The molecule has 0 fully saturated rings. The van der Waals surface area contributed by atoms with Crippen molar-refractivity contribution in [1.29, 1.82) is 0 Å². The van der Waals surface area contributed by atoms with Crippen LogP contribution >= 0.6 is 0 Å². The number of nitrogens with one attached hydrogen (secondary N) is 2. The van der Waals surface area contributed by atoms with Crippen LogP contribution in [-0.2, 0) is 19.4 Å². The Balaban J connectivity index is 2.21. The maximum atomic E-state index is 13.1. The first-order valence-corrected chi connectivity index (χ1v) is 9.10. The molecular formula is C16H17FN2O6S. The van der Waals surface area contributed by atoms with Crippen molar-refractivity contribution in [2.24, 2.45) is 0 Å². The van der Waals surface area contributed by atoms with E-state index in [1.54, 1.807) is 0 Å². The van der Waals surface area contributed by atoms with Crippen LogP contribution in [0.1, 0.15) is 11.0 Å². The quantitative estimate of drug-likeness (QED) is 0.461. The molecule has 0 spiro atoms. The number of hydrogen-bond donors (Lipinski definition) is 3. The van der Waals surface area contributed by atoms with Crippen molar-refractivity contribution in [2.45, 2.75) is 10.1 Å². The van der Waals surface area contributed by atoms with Crippen LogP contribution in [0.4, 0.5) is 4.39 Å². The molecule has 2 rings (SSSR count). The molecule has 1 aromatic heterocycles. The van der Waals surface area contributed by atoms with E-state index in [-0.39, 0.29) is 23.8 Å². The van der Waals surface area contributed by atoms with Gasteiger partial charge in [0.25, 0.3) is 0 Å². The van der Waals surface area contributed by atoms with E-state index in [9.17, 15) is 22.4 Å². The second kappa shape index (κ2) is 8.59. The molecule has 140 valence electrons. The Kier molecular flexibility index (Phi) is 6.47. The minimum Gasteiger partial charge on any atom is -0.468 e. The molecule has 0 aliphatic rings. The standard InChI is InChI=1S/C16H17FN2O6S/c17-11-3-5-12(6-4-11)26(23,24)14(13-2-1-9-25-13)10-19-16(22)15(21)18-7-8-20/h1-6,9,14,20H,7-8,10H2,(H,18,21)(H,19,22)/t14-/m0/s1. The van der Waals surface area contributed by atoms with E-state index in [4.69, 9.17) is 9.52 Å². The maximum absolute atomic E-state index is 13.1. The number of furan rings is 1. The van der Waals surface area contributed by atoms with Crippen molar-refractivity contribution in [3.63, 3.8) is 0 Å². The smallest absolute Gasteiger partial charge is 0.309 e. The molecule has 2 aromatic rings. The highest BCUT2D eigenvalue weighted by Crippen LogP contribution is 2.29.